The highest BCUT2D eigenvalue weighted by Crippen LogP contribution is 2.66. The average molecular weight is 1690 g/mol. The molecule has 0 radical (unpaired) electrons. The lowest BCUT2D eigenvalue weighted by atomic mass is 9.33. The van der Waals surface area contributed by atoms with Crippen molar-refractivity contribution in [1.29, 1.82) is 0 Å². The van der Waals surface area contributed by atoms with E-state index in [0.29, 0.717) is 0 Å². The maximum absolute atomic E-state index is 2.78. The van der Waals surface area contributed by atoms with Gasteiger partial charge >= 0.3 is 0 Å². The van der Waals surface area contributed by atoms with Gasteiger partial charge in [0.2, 0.25) is 0 Å². The molecule has 0 bridgehead atoms. The molecule has 4 heterocycles. The maximum atomic E-state index is 2.78. The van der Waals surface area contributed by atoms with Crippen molar-refractivity contribution < 1.29 is 0 Å². The van der Waals surface area contributed by atoms with E-state index in [0.717, 1.165) is 95.5 Å². The van der Waals surface area contributed by atoms with E-state index in [9.17, 15) is 0 Å². The zero-order valence-electron chi connectivity index (χ0n) is 79.5. The Labute approximate surface area is 770 Å². The number of benzene rings is 16. The van der Waals surface area contributed by atoms with Gasteiger partial charge in [-0.15, -0.1) is 0 Å². The molecule has 0 saturated carbocycles. The number of para-hydroxylation sites is 3. The number of hydrogen-bond acceptors (Lipinski definition) is 2. The van der Waals surface area contributed by atoms with Crippen molar-refractivity contribution >= 4 is 101 Å². The number of hydrogen-bond donors (Lipinski definition) is 0. The van der Waals surface area contributed by atoms with Crippen LogP contribution in [0.15, 0.2) is 328 Å². The molecule has 22 rings (SSSR count). The van der Waals surface area contributed by atoms with Crippen molar-refractivity contribution in [3.05, 3.63) is 389 Å². The van der Waals surface area contributed by atoms with Crippen LogP contribution < -0.4 is 26.2 Å². The van der Waals surface area contributed by atoms with E-state index in [1.54, 1.807) is 0 Å². The molecule has 1 spiro atoms. The summed E-state index contributed by atoms with van der Waals surface area (Å²) >= 11 is 0. The summed E-state index contributed by atoms with van der Waals surface area (Å²) in [6.07, 6.45) is 0. The summed E-state index contributed by atoms with van der Waals surface area (Å²) < 4.78 is 5.22. The van der Waals surface area contributed by atoms with E-state index in [1.165, 1.54) is 138 Å². The van der Waals surface area contributed by atoms with Crippen molar-refractivity contribution in [2.45, 2.75) is 189 Å². The van der Waals surface area contributed by atoms with E-state index in [4.69, 9.17) is 0 Å². The highest BCUT2D eigenvalue weighted by atomic mass is 15.2. The third-order valence-electron chi connectivity index (χ3n) is 29.5. The monoisotopic (exact) mass is 1680 g/mol. The van der Waals surface area contributed by atoms with Crippen LogP contribution in [-0.2, 0) is 43.3 Å². The zero-order valence-corrected chi connectivity index (χ0v) is 79.5. The van der Waals surface area contributed by atoms with Gasteiger partial charge in [0.05, 0.1) is 38.9 Å². The molecule has 640 valence electrons. The molecule has 4 aliphatic rings. The molecule has 16 aromatic carbocycles. The molecule has 0 fully saturated rings. The standard InChI is InChI=1S/C125H117BN4/c1-118(2,3)80-52-44-76(45-53-80)89-36-30-37-90(77-46-54-81(55-47-77)119(4,5)6)116(89)129-109-74-87(127-106-67-60-84(122(13,14)15)70-98(106)99-71-85(123(16,17)18)61-68-107(99)127)62-65-103(109)126-104-66-63-88(128-105-43-29-25-35-97(105)113-108(128)69-64-96-95-34-24-28-42-102(95)125(114(96)113)100-40-26-22-32-93(100)94-33-23-27-41-101(94)125)75-110(104)130(112-73-86(124(19,20)21)72-111(129)115(112)126)117-91(78-48-56-82(57-49-78)120(7,8)9)38-31-39-92(117)79-50-58-83(59-51-79)121(10,11)12/h22-75H,1-21H3. The van der Waals surface area contributed by atoms with Gasteiger partial charge in [0.15, 0.2) is 0 Å². The van der Waals surface area contributed by atoms with Gasteiger partial charge in [-0.1, -0.05) is 400 Å². The van der Waals surface area contributed by atoms with Crippen LogP contribution in [0.5, 0.6) is 0 Å². The van der Waals surface area contributed by atoms with Crippen LogP contribution in [0.25, 0.3) is 122 Å². The minimum atomic E-state index is -0.590. The molecule has 5 heteroatoms. The molecule has 2 aromatic heterocycles. The fourth-order valence-electron chi connectivity index (χ4n) is 22.4. The Hall–Kier alpha value is -13.2. The molecule has 0 N–H and O–H groups in total. The summed E-state index contributed by atoms with van der Waals surface area (Å²) in [4.78, 5) is 5.56. The summed E-state index contributed by atoms with van der Waals surface area (Å²) in [6.45, 7) is 49.0. The Balaban J connectivity index is 0.894. The third-order valence-corrected chi connectivity index (χ3v) is 29.5. The van der Waals surface area contributed by atoms with Crippen molar-refractivity contribution in [3.63, 3.8) is 0 Å². The number of anilines is 6. The van der Waals surface area contributed by atoms with Crippen molar-refractivity contribution in [3.8, 4) is 78.1 Å². The lowest BCUT2D eigenvalue weighted by molar-refractivity contribution is 0.590. The van der Waals surface area contributed by atoms with Crippen LogP contribution in [0.3, 0.4) is 0 Å². The van der Waals surface area contributed by atoms with Gasteiger partial charge in [0, 0.05) is 77.9 Å². The lowest BCUT2D eigenvalue weighted by Crippen LogP contribution is -2.61. The molecule has 0 unspecified atom stereocenters. The number of aromatic nitrogens is 2. The van der Waals surface area contributed by atoms with E-state index < -0.39 is 5.41 Å². The normalized spacial score (nSPS) is 14.1. The second-order valence-electron chi connectivity index (χ2n) is 44.9. The molecule has 0 saturated heterocycles. The second kappa shape index (κ2) is 28.9. The van der Waals surface area contributed by atoms with Gasteiger partial charge in [-0.2, -0.15) is 0 Å². The first-order chi connectivity index (χ1) is 61.9. The summed E-state index contributed by atoms with van der Waals surface area (Å²) in [7, 11) is 0. The molecule has 18 aromatic rings. The SMILES string of the molecule is CC(C)(C)c1ccc(-c2cccc(-c3ccc(C(C)(C)C)cc3)c2N2c3cc(-n4c5ccc(C(C)(C)C)cc5c5cc(C(C)(C)C)ccc54)ccc3B3c4ccc(-n5c6ccccc6c6c7c(ccc65)-c5ccccc5C75c6ccccc6-c6ccccc65)cc4N(c4c(-c5ccc(C(C)(C)C)cc5)cccc4-c4ccc(C(C)(C)C)cc4)c4cc(C(C)(C)C)cc2c43)cc1. The number of nitrogens with zero attached hydrogens (tertiary/aromatic N) is 4. The molecular weight excluding hydrogens is 1570 g/mol. The predicted molar refractivity (Wildman–Crippen MR) is 558 cm³/mol. The average Bonchev–Trinajstić information content (AvgIpc) is 1.47. The Kier molecular flexibility index (Phi) is 18.3. The minimum Gasteiger partial charge on any atom is -0.310 e. The highest BCUT2D eigenvalue weighted by Gasteiger charge is 2.54. The van der Waals surface area contributed by atoms with Crippen molar-refractivity contribution in [1.82, 2.24) is 9.13 Å². The smallest absolute Gasteiger partial charge is 0.252 e. The predicted octanol–water partition coefficient (Wildman–Crippen LogP) is 32.1. The molecule has 0 amide bonds. The third kappa shape index (κ3) is 12.7. The maximum Gasteiger partial charge on any atom is 0.252 e. The van der Waals surface area contributed by atoms with Crippen LogP contribution in [-0.4, -0.2) is 15.8 Å². The van der Waals surface area contributed by atoms with Crippen LogP contribution in [0, 0.1) is 0 Å². The van der Waals surface area contributed by atoms with Gasteiger partial charge in [-0.3, -0.25) is 0 Å². The van der Waals surface area contributed by atoms with Gasteiger partial charge in [-0.25, -0.2) is 0 Å². The van der Waals surface area contributed by atoms with Crippen LogP contribution >= 0.6 is 0 Å². The van der Waals surface area contributed by atoms with E-state index >= 15 is 0 Å². The van der Waals surface area contributed by atoms with E-state index in [-0.39, 0.29) is 44.6 Å². The number of fused-ring (bicyclic) bond motifs is 21. The summed E-state index contributed by atoms with van der Waals surface area (Å²) in [5, 5.41) is 5.03. The largest absolute Gasteiger partial charge is 0.310 e. The van der Waals surface area contributed by atoms with E-state index in [2.05, 4.69) is 492 Å². The zero-order chi connectivity index (χ0) is 90.3. The van der Waals surface area contributed by atoms with Gasteiger partial charge in [0.25, 0.3) is 6.71 Å². The first-order valence-electron chi connectivity index (χ1n) is 47.1. The Bertz CT molecular complexity index is 7430. The first-order valence-corrected chi connectivity index (χ1v) is 47.1. The van der Waals surface area contributed by atoms with Gasteiger partial charge in [0.1, 0.15) is 0 Å². The number of rotatable bonds is 8. The second-order valence-corrected chi connectivity index (χ2v) is 44.9. The Morgan fingerprint density at radius 2 is 0.531 bits per heavy atom. The van der Waals surface area contributed by atoms with Crippen molar-refractivity contribution in [2.75, 3.05) is 9.80 Å². The van der Waals surface area contributed by atoms with E-state index in [1.807, 2.05) is 0 Å². The Morgan fingerprint density at radius 1 is 0.223 bits per heavy atom. The lowest BCUT2D eigenvalue weighted by Gasteiger charge is -2.46. The highest BCUT2D eigenvalue weighted by molar-refractivity contribution is 7.00. The summed E-state index contributed by atoms with van der Waals surface area (Å²) in [6, 6.07) is 130. The van der Waals surface area contributed by atoms with Crippen LogP contribution in [0.4, 0.5) is 34.1 Å². The fraction of sp³-hybridized carbons (Fsp3) is 0.232. The van der Waals surface area contributed by atoms with Crippen LogP contribution in [0.1, 0.15) is 207 Å². The minimum absolute atomic E-state index is 0.0689. The van der Waals surface area contributed by atoms with Crippen molar-refractivity contribution in [2.24, 2.45) is 0 Å². The molecular formula is C125H117BN4. The molecule has 4 nitrogen and oxygen atoms in total. The molecule has 2 aliphatic heterocycles. The summed E-state index contributed by atoms with van der Waals surface area (Å²) in [5.41, 5.74) is 44.8. The summed E-state index contributed by atoms with van der Waals surface area (Å²) in [5.74, 6) is 0. The van der Waals surface area contributed by atoms with Gasteiger partial charge in [-0.05, 0) is 233 Å². The van der Waals surface area contributed by atoms with Crippen LogP contribution in [0.2, 0.25) is 0 Å². The van der Waals surface area contributed by atoms with Gasteiger partial charge < -0.3 is 18.9 Å². The molecule has 0 atom stereocenters. The topological polar surface area (TPSA) is 16.3 Å². The first kappa shape index (κ1) is 82.5. The quantitative estimate of drug-likeness (QED) is 0.141. The Morgan fingerprint density at radius 3 is 0.900 bits per heavy atom. The molecule has 2 aliphatic carbocycles. The fourth-order valence-corrected chi connectivity index (χ4v) is 22.4. The molecule has 130 heavy (non-hydrogen) atoms.